The Morgan fingerprint density at radius 2 is 1.78 bits per heavy atom. The number of rotatable bonds is 3. The highest BCUT2D eigenvalue weighted by Crippen LogP contribution is 2.20. The molecule has 0 bridgehead atoms. The van der Waals surface area contributed by atoms with Crippen molar-refractivity contribution in [3.8, 4) is 0 Å². The Morgan fingerprint density at radius 1 is 1.17 bits per heavy atom. The monoisotopic (exact) mass is 268 g/mol. The van der Waals surface area contributed by atoms with Crippen LogP contribution >= 0.6 is 0 Å². The molecule has 0 spiro atoms. The maximum atomic E-state index is 12.2. The van der Waals surface area contributed by atoms with Gasteiger partial charge in [0.05, 0.1) is 11.4 Å². The van der Waals surface area contributed by atoms with Crippen LogP contribution in [0.4, 0.5) is 4.79 Å². The summed E-state index contributed by atoms with van der Waals surface area (Å²) < 4.78 is 25.1. The van der Waals surface area contributed by atoms with Gasteiger partial charge in [0.15, 0.2) is 0 Å². The third kappa shape index (κ3) is 1.97. The van der Waals surface area contributed by atoms with Gasteiger partial charge in [0.2, 0.25) is 6.41 Å². The largest absolute Gasteiger partial charge is 0.340 e. The normalized spacial score (nSPS) is 16.2. The highest BCUT2D eigenvalue weighted by atomic mass is 32.2. The molecule has 0 N–H and O–H groups in total. The van der Waals surface area contributed by atoms with Crippen LogP contribution < -0.4 is 0 Å². The molecule has 1 aliphatic heterocycles. The second kappa shape index (κ2) is 4.41. The summed E-state index contributed by atoms with van der Waals surface area (Å²) >= 11 is 0. The van der Waals surface area contributed by atoms with Gasteiger partial charge in [-0.2, -0.15) is 0 Å². The zero-order valence-electron chi connectivity index (χ0n) is 9.74. The second-order valence-electron chi connectivity index (χ2n) is 3.97. The third-order valence-corrected chi connectivity index (χ3v) is 4.53. The zero-order valence-corrected chi connectivity index (χ0v) is 10.6. The SMILES string of the molecule is Cc1ccc(S(=O)(=O)N2CCN(C=O)C2=O)cc1. The standard InChI is InChI=1S/C11H12N2O4S/c1-9-2-4-10(5-3-9)18(16,17)13-7-6-12(8-14)11(13)15/h2-5,8H,6-7H2,1H3. The zero-order chi connectivity index (χ0) is 13.3. The van der Waals surface area contributed by atoms with Crippen LogP contribution in [0.15, 0.2) is 29.2 Å². The van der Waals surface area contributed by atoms with E-state index in [-0.39, 0.29) is 18.0 Å². The van der Waals surface area contributed by atoms with Crippen LogP contribution in [0.25, 0.3) is 0 Å². The van der Waals surface area contributed by atoms with Crippen molar-refractivity contribution in [3.63, 3.8) is 0 Å². The van der Waals surface area contributed by atoms with Crippen LogP contribution in [0.2, 0.25) is 0 Å². The number of nitrogens with zero attached hydrogens (tertiary/aromatic N) is 2. The van der Waals surface area contributed by atoms with E-state index in [0.29, 0.717) is 10.7 Å². The van der Waals surface area contributed by atoms with Crippen molar-refractivity contribution in [1.82, 2.24) is 9.21 Å². The lowest BCUT2D eigenvalue weighted by atomic mass is 10.2. The van der Waals surface area contributed by atoms with Crippen LogP contribution in [0.3, 0.4) is 0 Å². The summed E-state index contributed by atoms with van der Waals surface area (Å²) in [6.07, 6.45) is 0.340. The molecule has 6 nitrogen and oxygen atoms in total. The van der Waals surface area contributed by atoms with E-state index in [1.807, 2.05) is 6.92 Å². The molecule has 1 aromatic carbocycles. The molecule has 96 valence electrons. The Kier molecular flexibility index (Phi) is 3.08. The van der Waals surface area contributed by atoms with Gasteiger partial charge in [0.25, 0.3) is 10.0 Å². The van der Waals surface area contributed by atoms with Crippen LogP contribution in [-0.4, -0.2) is 43.2 Å². The molecular formula is C11H12N2O4S. The Morgan fingerprint density at radius 3 is 2.28 bits per heavy atom. The molecule has 7 heteroatoms. The topological polar surface area (TPSA) is 74.8 Å². The number of aryl methyl sites for hydroxylation is 1. The predicted octanol–water partition coefficient (Wildman–Crippen LogP) is 0.578. The molecule has 1 saturated heterocycles. The van der Waals surface area contributed by atoms with Gasteiger partial charge in [-0.15, -0.1) is 0 Å². The summed E-state index contributed by atoms with van der Waals surface area (Å²) in [5.41, 5.74) is 0.927. The molecule has 2 rings (SSSR count). The molecular weight excluding hydrogens is 256 g/mol. The molecule has 1 aliphatic rings. The van der Waals surface area contributed by atoms with Gasteiger partial charge in [0, 0.05) is 6.54 Å². The molecule has 0 radical (unpaired) electrons. The number of carbonyl (C=O) groups excluding carboxylic acids is 2. The van der Waals surface area contributed by atoms with Crippen LogP contribution in [-0.2, 0) is 14.8 Å². The number of benzene rings is 1. The van der Waals surface area contributed by atoms with Crippen molar-refractivity contribution >= 4 is 22.5 Å². The maximum Gasteiger partial charge on any atom is 0.340 e. The fraction of sp³-hybridized carbons (Fsp3) is 0.273. The van der Waals surface area contributed by atoms with Crippen LogP contribution in [0, 0.1) is 6.92 Å². The molecule has 1 heterocycles. The van der Waals surface area contributed by atoms with Gasteiger partial charge in [-0.3, -0.25) is 9.69 Å². The average Bonchev–Trinajstić information content (AvgIpc) is 2.71. The van der Waals surface area contributed by atoms with Crippen molar-refractivity contribution in [2.45, 2.75) is 11.8 Å². The molecule has 0 atom stereocenters. The lowest BCUT2D eigenvalue weighted by molar-refractivity contribution is -0.115. The van der Waals surface area contributed by atoms with E-state index in [1.54, 1.807) is 12.1 Å². The number of hydrogen-bond acceptors (Lipinski definition) is 4. The van der Waals surface area contributed by atoms with E-state index in [9.17, 15) is 18.0 Å². The van der Waals surface area contributed by atoms with E-state index in [2.05, 4.69) is 0 Å². The maximum absolute atomic E-state index is 12.2. The molecule has 0 aromatic heterocycles. The molecule has 1 aromatic rings. The number of urea groups is 1. The van der Waals surface area contributed by atoms with E-state index in [0.717, 1.165) is 10.5 Å². The lowest BCUT2D eigenvalue weighted by Crippen LogP contribution is -2.35. The minimum absolute atomic E-state index is 0.00617. The Balaban J connectivity index is 2.35. The molecule has 0 saturated carbocycles. The fourth-order valence-corrected chi connectivity index (χ4v) is 3.06. The number of hydrogen-bond donors (Lipinski definition) is 0. The fourth-order valence-electron chi connectivity index (χ4n) is 1.69. The summed E-state index contributed by atoms with van der Waals surface area (Å²) in [5.74, 6) is 0. The molecule has 18 heavy (non-hydrogen) atoms. The van der Waals surface area contributed by atoms with Crippen LogP contribution in [0.1, 0.15) is 5.56 Å². The number of amides is 3. The van der Waals surface area contributed by atoms with Crippen molar-refractivity contribution in [1.29, 1.82) is 0 Å². The van der Waals surface area contributed by atoms with Gasteiger partial charge in [-0.05, 0) is 19.1 Å². The molecule has 1 fully saturated rings. The summed E-state index contributed by atoms with van der Waals surface area (Å²) in [6, 6.07) is 5.41. The summed E-state index contributed by atoms with van der Waals surface area (Å²) in [4.78, 5) is 23.1. The van der Waals surface area contributed by atoms with Gasteiger partial charge < -0.3 is 0 Å². The summed E-state index contributed by atoms with van der Waals surface area (Å²) in [6.45, 7) is 1.92. The van der Waals surface area contributed by atoms with E-state index in [1.165, 1.54) is 12.1 Å². The highest BCUT2D eigenvalue weighted by Gasteiger charge is 2.37. The first-order valence-corrected chi connectivity index (χ1v) is 6.76. The van der Waals surface area contributed by atoms with E-state index in [4.69, 9.17) is 0 Å². The smallest absolute Gasteiger partial charge is 0.278 e. The van der Waals surface area contributed by atoms with Crippen molar-refractivity contribution in [2.24, 2.45) is 0 Å². The van der Waals surface area contributed by atoms with E-state index >= 15 is 0 Å². The lowest BCUT2D eigenvalue weighted by Gasteiger charge is -2.15. The van der Waals surface area contributed by atoms with Gasteiger partial charge in [-0.1, -0.05) is 17.7 Å². The summed E-state index contributed by atoms with van der Waals surface area (Å²) in [7, 11) is -3.86. The van der Waals surface area contributed by atoms with E-state index < -0.39 is 16.1 Å². The van der Waals surface area contributed by atoms with Crippen molar-refractivity contribution in [3.05, 3.63) is 29.8 Å². The number of carbonyl (C=O) groups is 2. The number of sulfonamides is 1. The first-order valence-electron chi connectivity index (χ1n) is 5.32. The Bertz CT molecular complexity index is 580. The van der Waals surface area contributed by atoms with Crippen molar-refractivity contribution < 1.29 is 18.0 Å². The Hall–Kier alpha value is -1.89. The first kappa shape index (κ1) is 12.6. The highest BCUT2D eigenvalue weighted by molar-refractivity contribution is 7.89. The second-order valence-corrected chi connectivity index (χ2v) is 5.83. The van der Waals surface area contributed by atoms with Crippen molar-refractivity contribution in [2.75, 3.05) is 13.1 Å². The number of imide groups is 1. The third-order valence-electron chi connectivity index (χ3n) is 2.74. The average molecular weight is 268 g/mol. The van der Waals surface area contributed by atoms with Gasteiger partial charge in [-0.25, -0.2) is 17.5 Å². The molecule has 3 amide bonds. The quantitative estimate of drug-likeness (QED) is 0.751. The first-order chi connectivity index (χ1) is 8.46. The minimum atomic E-state index is -3.86. The molecule has 0 unspecified atom stereocenters. The predicted molar refractivity (Wildman–Crippen MR) is 63.2 cm³/mol. The van der Waals surface area contributed by atoms with Crippen LogP contribution in [0.5, 0.6) is 0 Å². The van der Waals surface area contributed by atoms with Gasteiger partial charge >= 0.3 is 6.03 Å². The minimum Gasteiger partial charge on any atom is -0.278 e. The summed E-state index contributed by atoms with van der Waals surface area (Å²) in [5, 5.41) is 0. The molecule has 0 aliphatic carbocycles. The Labute approximate surface area is 105 Å². The van der Waals surface area contributed by atoms with Gasteiger partial charge in [0.1, 0.15) is 0 Å².